The standard InChI is InChI=1S/C20H23N3O4/c21-13-18(24)22-16(11-14-7-3-1-4-8-14)19(25)23-17(20(26)27)12-15-9-5-2-6-10-15/h1-10,16-17H,11-13,21H2,(H,22,24)(H,23,25)(H,26,27)/t16-,17+/m1/s1. The van der Waals surface area contributed by atoms with Gasteiger partial charge in [-0.05, 0) is 17.5 Å². The lowest BCUT2D eigenvalue weighted by Crippen LogP contribution is -2.61. The Morgan fingerprint density at radius 2 is 1.30 bits per heavy atom. The molecule has 0 unspecified atom stereocenters. The molecule has 2 aromatic rings. The second-order valence-corrected chi connectivity index (χ2v) is 6.13. The Hall–Kier alpha value is -3.19. The average Bonchev–Trinajstić information content (AvgIpc) is 2.68. The van der Waals surface area contributed by atoms with E-state index >= 15 is 0 Å². The van der Waals surface area contributed by atoms with Gasteiger partial charge < -0.3 is 26.3 Å². The molecule has 0 aromatic heterocycles. The van der Waals surface area contributed by atoms with E-state index < -0.39 is 24.0 Å². The minimum Gasteiger partial charge on any atom is -0.548 e. The van der Waals surface area contributed by atoms with Gasteiger partial charge in [-0.15, -0.1) is 0 Å². The van der Waals surface area contributed by atoms with Crippen molar-refractivity contribution in [2.75, 3.05) is 6.54 Å². The summed E-state index contributed by atoms with van der Waals surface area (Å²) in [4.78, 5) is 35.9. The molecule has 0 aliphatic heterocycles. The Balaban J connectivity index is 2.11. The number of carbonyl (C=O) groups excluding carboxylic acids is 3. The molecule has 142 valence electrons. The number of benzene rings is 2. The molecule has 7 heteroatoms. The van der Waals surface area contributed by atoms with Gasteiger partial charge in [0.05, 0.1) is 12.0 Å². The molecule has 0 aliphatic carbocycles. The van der Waals surface area contributed by atoms with Crippen molar-refractivity contribution in [1.82, 2.24) is 10.6 Å². The molecule has 0 heterocycles. The van der Waals surface area contributed by atoms with Crippen molar-refractivity contribution < 1.29 is 25.2 Å². The van der Waals surface area contributed by atoms with Gasteiger partial charge in [0, 0.05) is 6.42 Å². The Bertz CT molecular complexity index is 765. The van der Waals surface area contributed by atoms with Gasteiger partial charge in [-0.3, -0.25) is 9.59 Å². The highest BCUT2D eigenvalue weighted by Crippen LogP contribution is 2.06. The van der Waals surface area contributed by atoms with Crippen LogP contribution in [0.3, 0.4) is 0 Å². The van der Waals surface area contributed by atoms with Crippen LogP contribution in [0.25, 0.3) is 0 Å². The molecule has 0 saturated carbocycles. The molecule has 2 atom stereocenters. The number of rotatable bonds is 9. The summed E-state index contributed by atoms with van der Waals surface area (Å²) in [5.41, 5.74) is 5.10. The molecule has 0 aliphatic rings. The number of carbonyl (C=O) groups is 3. The van der Waals surface area contributed by atoms with Crippen LogP contribution in [-0.2, 0) is 27.2 Å². The number of nitrogens with one attached hydrogen (secondary N) is 2. The van der Waals surface area contributed by atoms with Crippen LogP contribution in [0.4, 0.5) is 0 Å². The molecule has 5 N–H and O–H groups in total. The Kier molecular flexibility index (Phi) is 7.51. The van der Waals surface area contributed by atoms with Crippen LogP contribution in [0.1, 0.15) is 11.1 Å². The van der Waals surface area contributed by atoms with E-state index in [2.05, 4.69) is 16.4 Å². The van der Waals surface area contributed by atoms with Crippen molar-refractivity contribution in [2.24, 2.45) is 0 Å². The maximum absolute atomic E-state index is 12.7. The van der Waals surface area contributed by atoms with Gasteiger partial charge in [-0.25, -0.2) is 0 Å². The van der Waals surface area contributed by atoms with Gasteiger partial charge in [0.25, 0.3) is 5.91 Å². The summed E-state index contributed by atoms with van der Waals surface area (Å²) < 4.78 is 0. The van der Waals surface area contributed by atoms with E-state index in [1.807, 2.05) is 36.4 Å². The largest absolute Gasteiger partial charge is 0.548 e. The summed E-state index contributed by atoms with van der Waals surface area (Å²) in [6.45, 7) is -0.0213. The average molecular weight is 369 g/mol. The monoisotopic (exact) mass is 369 g/mol. The first kappa shape index (κ1) is 20.1. The van der Waals surface area contributed by atoms with Gasteiger partial charge >= 0.3 is 0 Å². The number of carboxylic acid groups (broad SMARTS) is 1. The molecular weight excluding hydrogens is 346 g/mol. The van der Waals surface area contributed by atoms with Gasteiger partial charge in [-0.1, -0.05) is 60.7 Å². The number of aliphatic carboxylic acids is 1. The lowest BCUT2D eigenvalue weighted by atomic mass is 10.0. The fourth-order valence-corrected chi connectivity index (χ4v) is 2.64. The topological polar surface area (TPSA) is 126 Å². The van der Waals surface area contributed by atoms with Gasteiger partial charge in [0.1, 0.15) is 6.04 Å². The highest BCUT2D eigenvalue weighted by Gasteiger charge is 2.24. The van der Waals surface area contributed by atoms with E-state index in [4.69, 9.17) is 0 Å². The number of hydrogen-bond acceptors (Lipinski definition) is 4. The molecule has 7 nitrogen and oxygen atoms in total. The van der Waals surface area contributed by atoms with Crippen molar-refractivity contribution in [2.45, 2.75) is 24.9 Å². The second-order valence-electron chi connectivity index (χ2n) is 6.13. The first-order chi connectivity index (χ1) is 13.0. The molecule has 2 aromatic carbocycles. The summed E-state index contributed by atoms with van der Waals surface area (Å²) in [6.07, 6.45) is 0.333. The smallest absolute Gasteiger partial charge is 0.275 e. The third-order valence-electron chi connectivity index (χ3n) is 4.05. The zero-order chi connectivity index (χ0) is 19.6. The van der Waals surface area contributed by atoms with E-state index in [0.717, 1.165) is 11.1 Å². The fraction of sp³-hybridized carbons (Fsp3) is 0.250. The third-order valence-corrected chi connectivity index (χ3v) is 4.05. The predicted octanol–water partition coefficient (Wildman–Crippen LogP) is -1.57. The molecule has 0 saturated heterocycles. The summed E-state index contributed by atoms with van der Waals surface area (Å²) in [5, 5.41) is 16.6. The summed E-state index contributed by atoms with van der Waals surface area (Å²) >= 11 is 0. The normalized spacial score (nSPS) is 12.6. The molecule has 0 fully saturated rings. The Labute approximate surface area is 157 Å². The van der Waals surface area contributed by atoms with E-state index in [-0.39, 0.29) is 25.3 Å². The Morgan fingerprint density at radius 3 is 1.74 bits per heavy atom. The summed E-state index contributed by atoms with van der Waals surface area (Å²) in [6, 6.07) is 16.0. The maximum Gasteiger partial charge on any atom is 0.275 e. The minimum atomic E-state index is -1.38. The highest BCUT2D eigenvalue weighted by molar-refractivity contribution is 5.90. The van der Waals surface area contributed by atoms with Crippen LogP contribution in [-0.4, -0.2) is 36.4 Å². The molecular formula is C20H23N3O4. The zero-order valence-electron chi connectivity index (χ0n) is 14.9. The first-order valence-corrected chi connectivity index (χ1v) is 8.67. The van der Waals surface area contributed by atoms with Crippen LogP contribution in [0.5, 0.6) is 0 Å². The Morgan fingerprint density at radius 1 is 0.815 bits per heavy atom. The van der Waals surface area contributed by atoms with Crippen LogP contribution in [0.15, 0.2) is 60.7 Å². The molecule has 0 bridgehead atoms. The van der Waals surface area contributed by atoms with Crippen molar-refractivity contribution in [3.8, 4) is 0 Å². The second kappa shape index (κ2) is 10.1. The number of amides is 2. The van der Waals surface area contributed by atoms with Crippen LogP contribution in [0, 0.1) is 0 Å². The van der Waals surface area contributed by atoms with Gasteiger partial charge in [-0.2, -0.15) is 0 Å². The van der Waals surface area contributed by atoms with Crippen LogP contribution < -0.4 is 21.5 Å². The van der Waals surface area contributed by atoms with Crippen LogP contribution in [0.2, 0.25) is 0 Å². The summed E-state index contributed by atoms with van der Waals surface area (Å²) in [7, 11) is 0. The lowest BCUT2D eigenvalue weighted by molar-refractivity contribution is -0.355. The molecule has 0 radical (unpaired) electrons. The van der Waals surface area contributed by atoms with Gasteiger partial charge in [0.15, 0.2) is 6.54 Å². The molecule has 2 amide bonds. The van der Waals surface area contributed by atoms with Crippen molar-refractivity contribution in [3.05, 3.63) is 71.8 Å². The third kappa shape index (κ3) is 6.56. The van der Waals surface area contributed by atoms with E-state index in [1.54, 1.807) is 24.3 Å². The first-order valence-electron chi connectivity index (χ1n) is 8.67. The molecule has 2 rings (SSSR count). The quantitative estimate of drug-likeness (QED) is 0.494. The zero-order valence-corrected chi connectivity index (χ0v) is 14.9. The van der Waals surface area contributed by atoms with Crippen molar-refractivity contribution in [3.63, 3.8) is 0 Å². The predicted molar refractivity (Wildman–Crippen MR) is 96.9 cm³/mol. The number of quaternary nitrogens is 1. The van der Waals surface area contributed by atoms with E-state index in [1.165, 1.54) is 0 Å². The number of carboxylic acids is 1. The SMILES string of the molecule is [NH3+]CC(=O)N[C@H](Cc1ccccc1)C(=O)N[C@@H](Cc1ccccc1)C(=O)[O-]. The van der Waals surface area contributed by atoms with E-state index in [0.29, 0.717) is 0 Å². The number of hydrogen-bond donors (Lipinski definition) is 3. The van der Waals surface area contributed by atoms with Gasteiger partial charge in [0.2, 0.25) is 5.91 Å². The fourth-order valence-electron chi connectivity index (χ4n) is 2.64. The molecule has 0 spiro atoms. The highest BCUT2D eigenvalue weighted by atomic mass is 16.4. The van der Waals surface area contributed by atoms with Crippen molar-refractivity contribution >= 4 is 17.8 Å². The van der Waals surface area contributed by atoms with Crippen molar-refractivity contribution in [1.29, 1.82) is 0 Å². The minimum absolute atomic E-state index is 0.0213. The summed E-state index contributed by atoms with van der Waals surface area (Å²) in [5.74, 6) is -2.35. The van der Waals surface area contributed by atoms with Crippen LogP contribution >= 0.6 is 0 Å². The van der Waals surface area contributed by atoms with E-state index in [9.17, 15) is 19.5 Å². The maximum atomic E-state index is 12.7. The molecule has 27 heavy (non-hydrogen) atoms. The lowest BCUT2D eigenvalue weighted by Gasteiger charge is -2.24.